The monoisotopic (exact) mass is 399 g/mol. The number of piperidine rings is 1. The molecule has 0 radical (unpaired) electrons. The van der Waals surface area contributed by atoms with Gasteiger partial charge in [0.15, 0.2) is 0 Å². The Hall–Kier alpha value is -2.54. The van der Waals surface area contributed by atoms with Gasteiger partial charge < -0.3 is 15.1 Å². The molecule has 4 rings (SSSR count). The fourth-order valence-electron chi connectivity index (χ4n) is 3.84. The number of carbonyl (C=O) groups excluding carboxylic acids is 2. The Morgan fingerprint density at radius 3 is 2.32 bits per heavy atom. The highest BCUT2D eigenvalue weighted by atomic mass is 32.2. The van der Waals surface area contributed by atoms with Crippen molar-refractivity contribution in [1.82, 2.24) is 9.80 Å². The lowest BCUT2D eigenvalue weighted by molar-refractivity contribution is 0.0585. The fourth-order valence-corrected chi connectivity index (χ4v) is 5.30. The highest BCUT2D eigenvalue weighted by molar-refractivity contribution is 8.00. The number of thioether (sulfide) groups is 1. The van der Waals surface area contributed by atoms with E-state index in [1.54, 1.807) is 16.7 Å². The maximum atomic E-state index is 13.2. The summed E-state index contributed by atoms with van der Waals surface area (Å²) in [6, 6.07) is 15.0. The average Bonchev–Trinajstić information content (AvgIpc) is 3.12. The number of anilines is 1. The Bertz CT molecular complexity index is 852. The van der Waals surface area contributed by atoms with E-state index in [2.05, 4.69) is 5.32 Å². The minimum absolute atomic E-state index is 0.0628. The number of halogens is 1. The molecule has 0 aliphatic carbocycles. The maximum Gasteiger partial charge on any atom is 0.321 e. The number of amides is 3. The lowest BCUT2D eigenvalue weighted by Gasteiger charge is -2.44. The first-order valence-electron chi connectivity index (χ1n) is 9.40. The van der Waals surface area contributed by atoms with Crippen molar-refractivity contribution in [3.05, 3.63) is 66.0 Å². The molecular weight excluding hydrogens is 377 g/mol. The predicted molar refractivity (Wildman–Crippen MR) is 109 cm³/mol. The van der Waals surface area contributed by atoms with E-state index in [4.69, 9.17) is 0 Å². The van der Waals surface area contributed by atoms with Crippen LogP contribution in [-0.2, 0) is 0 Å². The third-order valence-corrected chi connectivity index (χ3v) is 6.92. The van der Waals surface area contributed by atoms with Gasteiger partial charge in [-0.1, -0.05) is 18.2 Å². The van der Waals surface area contributed by atoms with Crippen LogP contribution >= 0.6 is 11.8 Å². The van der Waals surface area contributed by atoms with E-state index < -0.39 is 0 Å². The van der Waals surface area contributed by atoms with Gasteiger partial charge in [0.25, 0.3) is 5.91 Å². The van der Waals surface area contributed by atoms with E-state index in [-0.39, 0.29) is 22.6 Å². The fraction of sp³-hybridized carbons (Fsp3) is 0.333. The van der Waals surface area contributed by atoms with E-state index in [9.17, 15) is 14.0 Å². The van der Waals surface area contributed by atoms with Crippen molar-refractivity contribution in [3.63, 3.8) is 0 Å². The highest BCUT2D eigenvalue weighted by Crippen LogP contribution is 2.44. The van der Waals surface area contributed by atoms with Crippen molar-refractivity contribution in [2.45, 2.75) is 17.7 Å². The molecule has 2 saturated heterocycles. The normalized spacial score (nSPS) is 18.3. The van der Waals surface area contributed by atoms with Gasteiger partial charge in [0.05, 0.1) is 4.87 Å². The lowest BCUT2D eigenvalue weighted by Crippen LogP contribution is -2.54. The predicted octanol–water partition coefficient (Wildman–Crippen LogP) is 4.04. The van der Waals surface area contributed by atoms with Gasteiger partial charge in [0.1, 0.15) is 5.82 Å². The summed E-state index contributed by atoms with van der Waals surface area (Å²) in [5, 5.41) is 2.92. The summed E-state index contributed by atoms with van der Waals surface area (Å²) in [6.45, 7) is 1.87. The standard InChI is InChI=1S/C21H22FN3O2S/c22-17-8-6-16(7-9-17)19(26)25-14-15-28-21(25)10-12-24(13-11-21)20(27)23-18-4-2-1-3-5-18/h1-9H,10-15H2,(H,23,27). The molecule has 146 valence electrons. The molecule has 2 heterocycles. The van der Waals surface area contributed by atoms with Gasteiger partial charge in [0.2, 0.25) is 0 Å². The first-order chi connectivity index (χ1) is 13.6. The topological polar surface area (TPSA) is 52.7 Å². The third kappa shape index (κ3) is 3.71. The van der Waals surface area contributed by atoms with Crippen LogP contribution in [0, 0.1) is 5.82 Å². The van der Waals surface area contributed by atoms with Crippen molar-refractivity contribution in [2.75, 3.05) is 30.7 Å². The summed E-state index contributed by atoms with van der Waals surface area (Å²) in [5.41, 5.74) is 1.28. The zero-order chi connectivity index (χ0) is 19.6. The summed E-state index contributed by atoms with van der Waals surface area (Å²) in [6.07, 6.45) is 1.46. The van der Waals surface area contributed by atoms with Crippen LogP contribution in [0.5, 0.6) is 0 Å². The summed E-state index contributed by atoms with van der Waals surface area (Å²) >= 11 is 1.79. The molecule has 0 atom stereocenters. The van der Waals surface area contributed by atoms with Gasteiger partial charge in [-0.3, -0.25) is 4.79 Å². The second-order valence-corrected chi connectivity index (χ2v) is 8.50. The third-order valence-electron chi connectivity index (χ3n) is 5.37. The number of likely N-dealkylation sites (tertiary alicyclic amines) is 1. The van der Waals surface area contributed by atoms with Crippen LogP contribution in [0.2, 0.25) is 0 Å². The summed E-state index contributed by atoms with van der Waals surface area (Å²) < 4.78 is 13.2. The minimum Gasteiger partial charge on any atom is -0.324 e. The maximum absolute atomic E-state index is 13.2. The van der Waals surface area contributed by atoms with Crippen LogP contribution in [0.3, 0.4) is 0 Å². The molecular formula is C21H22FN3O2S. The SMILES string of the molecule is O=C(Nc1ccccc1)N1CCC2(CC1)SCCN2C(=O)c1ccc(F)cc1. The number of benzene rings is 2. The van der Waals surface area contributed by atoms with Crippen LogP contribution in [0.25, 0.3) is 0 Å². The van der Waals surface area contributed by atoms with Gasteiger partial charge in [-0.15, -0.1) is 11.8 Å². The zero-order valence-electron chi connectivity index (χ0n) is 15.4. The Morgan fingerprint density at radius 2 is 1.64 bits per heavy atom. The van der Waals surface area contributed by atoms with Crippen molar-refractivity contribution in [2.24, 2.45) is 0 Å². The van der Waals surface area contributed by atoms with Crippen LogP contribution in [-0.4, -0.2) is 52.0 Å². The summed E-state index contributed by atoms with van der Waals surface area (Å²) in [5.74, 6) is 0.468. The molecule has 3 amide bonds. The first-order valence-corrected chi connectivity index (χ1v) is 10.4. The van der Waals surface area contributed by atoms with E-state index in [0.717, 1.165) is 24.3 Å². The quantitative estimate of drug-likeness (QED) is 0.829. The number of urea groups is 1. The smallest absolute Gasteiger partial charge is 0.321 e. The summed E-state index contributed by atoms with van der Waals surface area (Å²) in [4.78, 5) is 29.0. The number of para-hydroxylation sites is 1. The molecule has 0 saturated carbocycles. The molecule has 0 unspecified atom stereocenters. The summed E-state index contributed by atoms with van der Waals surface area (Å²) in [7, 11) is 0. The Labute approximate surface area is 167 Å². The molecule has 2 aliphatic rings. The van der Waals surface area contributed by atoms with Crippen molar-refractivity contribution in [3.8, 4) is 0 Å². The van der Waals surface area contributed by atoms with Crippen LogP contribution in [0.1, 0.15) is 23.2 Å². The van der Waals surface area contributed by atoms with Gasteiger partial charge in [-0.05, 0) is 49.2 Å². The molecule has 2 aromatic carbocycles. The van der Waals surface area contributed by atoms with E-state index >= 15 is 0 Å². The Balaban J connectivity index is 1.41. The molecule has 7 heteroatoms. The average molecular weight is 399 g/mol. The van der Waals surface area contributed by atoms with E-state index in [1.165, 1.54) is 24.3 Å². The van der Waals surface area contributed by atoms with Crippen molar-refractivity contribution < 1.29 is 14.0 Å². The number of carbonyl (C=O) groups is 2. The Kier molecular flexibility index (Phi) is 5.26. The number of rotatable bonds is 2. The molecule has 1 spiro atoms. The van der Waals surface area contributed by atoms with Crippen molar-refractivity contribution >= 4 is 29.4 Å². The molecule has 0 bridgehead atoms. The molecule has 28 heavy (non-hydrogen) atoms. The minimum atomic E-state index is -0.347. The van der Waals surface area contributed by atoms with E-state index in [1.807, 2.05) is 35.2 Å². The number of hydrogen-bond acceptors (Lipinski definition) is 3. The molecule has 2 fully saturated rings. The number of nitrogens with zero attached hydrogens (tertiary/aromatic N) is 2. The van der Waals surface area contributed by atoms with E-state index in [0.29, 0.717) is 25.2 Å². The molecule has 1 N–H and O–H groups in total. The van der Waals surface area contributed by atoms with Gasteiger partial charge >= 0.3 is 6.03 Å². The van der Waals surface area contributed by atoms with Gasteiger partial charge in [-0.25, -0.2) is 9.18 Å². The second kappa shape index (κ2) is 7.83. The largest absolute Gasteiger partial charge is 0.324 e. The van der Waals surface area contributed by atoms with Gasteiger partial charge in [0, 0.05) is 36.6 Å². The number of nitrogens with one attached hydrogen (secondary N) is 1. The zero-order valence-corrected chi connectivity index (χ0v) is 16.3. The molecule has 2 aliphatic heterocycles. The first kappa shape index (κ1) is 18.8. The Morgan fingerprint density at radius 1 is 0.964 bits per heavy atom. The molecule has 0 aromatic heterocycles. The highest BCUT2D eigenvalue weighted by Gasteiger charge is 2.47. The van der Waals surface area contributed by atoms with Crippen molar-refractivity contribution in [1.29, 1.82) is 0 Å². The molecule has 5 nitrogen and oxygen atoms in total. The number of hydrogen-bond donors (Lipinski definition) is 1. The second-order valence-electron chi connectivity index (χ2n) is 7.04. The van der Waals surface area contributed by atoms with Crippen LogP contribution in [0.4, 0.5) is 14.9 Å². The molecule has 2 aromatic rings. The van der Waals surface area contributed by atoms with Crippen LogP contribution < -0.4 is 5.32 Å². The lowest BCUT2D eigenvalue weighted by atomic mass is 10.0. The van der Waals surface area contributed by atoms with Gasteiger partial charge in [-0.2, -0.15) is 0 Å². The van der Waals surface area contributed by atoms with Crippen LogP contribution in [0.15, 0.2) is 54.6 Å².